The Balaban J connectivity index is 0.849. The summed E-state index contributed by atoms with van der Waals surface area (Å²) in [7, 11) is 1.54. The van der Waals surface area contributed by atoms with Gasteiger partial charge >= 0.3 is 0 Å². The third-order valence-electron chi connectivity index (χ3n) is 10.5. The third kappa shape index (κ3) is 10.9. The molecular weight excluding hydrogens is 829 g/mol. The molecule has 1 aliphatic heterocycles. The van der Waals surface area contributed by atoms with Crippen molar-refractivity contribution >= 4 is 45.9 Å². The maximum absolute atomic E-state index is 14.0. The molecule has 3 atom stereocenters. The van der Waals surface area contributed by atoms with Crippen LogP contribution in [0.4, 0.5) is 0 Å². The van der Waals surface area contributed by atoms with Crippen LogP contribution in [0.3, 0.4) is 0 Å². The number of carbonyl (C=O) groups excluding carboxylic acids is 4. The first-order valence-corrected chi connectivity index (χ1v) is 21.2. The molecule has 1 saturated heterocycles. The number of aryl methyl sites for hydroxylation is 2. The van der Waals surface area contributed by atoms with Crippen molar-refractivity contribution in [3.63, 3.8) is 0 Å². The van der Waals surface area contributed by atoms with E-state index in [-0.39, 0.29) is 68.7 Å². The summed E-state index contributed by atoms with van der Waals surface area (Å²) >= 11 is 1.56. The molecule has 2 aromatic carbocycles. The minimum atomic E-state index is -1.01. The van der Waals surface area contributed by atoms with Gasteiger partial charge in [-0.25, -0.2) is 19.6 Å². The number of aromatic nitrogens is 5. The molecule has 1 aliphatic rings. The molecule has 4 aromatic heterocycles. The summed E-state index contributed by atoms with van der Waals surface area (Å²) in [5.41, 5.74) is 6.10. The fraction of sp³-hybridized carbons (Fsp3) is 0.356. The molecule has 7 rings (SSSR count). The number of ether oxygens (including phenoxy) is 2. The molecule has 0 aliphatic carbocycles. The summed E-state index contributed by atoms with van der Waals surface area (Å²) in [6.45, 7) is 7.34. The van der Waals surface area contributed by atoms with E-state index in [1.165, 1.54) is 35.0 Å². The van der Waals surface area contributed by atoms with Crippen LogP contribution in [-0.2, 0) is 39.1 Å². The zero-order valence-electron chi connectivity index (χ0n) is 35.5. The van der Waals surface area contributed by atoms with Crippen LogP contribution in [0, 0.1) is 12.3 Å². The van der Waals surface area contributed by atoms with E-state index < -0.39 is 41.3 Å². The van der Waals surface area contributed by atoms with E-state index in [4.69, 9.17) is 13.9 Å². The number of hydrogen-bond donors (Lipinski definition) is 3. The lowest BCUT2D eigenvalue weighted by Crippen LogP contribution is -2.58. The van der Waals surface area contributed by atoms with Gasteiger partial charge in [-0.15, -0.1) is 11.3 Å². The highest BCUT2D eigenvalue weighted by atomic mass is 32.1. The number of oxazole rings is 1. The maximum atomic E-state index is 14.0. The molecule has 63 heavy (non-hydrogen) atoms. The minimum Gasteiger partial charge on any atom is -0.490 e. The summed E-state index contributed by atoms with van der Waals surface area (Å²) in [5.74, 6) is -0.966. The summed E-state index contributed by atoms with van der Waals surface area (Å²) in [4.78, 5) is 80.6. The van der Waals surface area contributed by atoms with E-state index in [2.05, 4.69) is 30.7 Å². The van der Waals surface area contributed by atoms with E-state index in [9.17, 15) is 29.1 Å². The number of carbonyl (C=O) groups is 4. The molecule has 0 radical (unpaired) electrons. The minimum absolute atomic E-state index is 0.0409. The zero-order chi connectivity index (χ0) is 44.8. The Morgan fingerprint density at radius 2 is 1.78 bits per heavy atom. The molecular formula is C45H48N8O9S. The van der Waals surface area contributed by atoms with Crippen LogP contribution in [0.15, 0.2) is 87.6 Å². The summed E-state index contributed by atoms with van der Waals surface area (Å²) in [6, 6.07) is 17.2. The average Bonchev–Trinajstić information content (AvgIpc) is 4.00. The SMILES string of the molecule is Cc1ncsc1-c1ccc(CNC(=O)[C@@H]2C[C@@H](O)CN2C(=O)[C@@H](NC(=O)COCCOc2ccc(C(=O)Cc3ccc4oc(-c5ccc(=O)n(C)n5)nc4c3)nc2)C(C)(C)C)cc1. The lowest BCUT2D eigenvalue weighted by atomic mass is 9.85. The number of aliphatic hydroxyl groups is 1. The van der Waals surface area contributed by atoms with E-state index in [1.54, 1.807) is 68.0 Å². The molecule has 5 heterocycles. The lowest BCUT2D eigenvalue weighted by molar-refractivity contribution is -0.144. The number of thiazole rings is 1. The van der Waals surface area contributed by atoms with Crippen LogP contribution in [-0.4, -0.2) is 103 Å². The van der Waals surface area contributed by atoms with Gasteiger partial charge in [0.2, 0.25) is 23.6 Å². The number of rotatable bonds is 16. The van der Waals surface area contributed by atoms with Gasteiger partial charge < -0.3 is 34.5 Å². The van der Waals surface area contributed by atoms with Gasteiger partial charge in [0.1, 0.15) is 48.0 Å². The molecule has 0 bridgehead atoms. The van der Waals surface area contributed by atoms with Crippen molar-refractivity contribution < 1.29 is 38.2 Å². The van der Waals surface area contributed by atoms with E-state index in [0.717, 1.165) is 21.7 Å². The Morgan fingerprint density at radius 3 is 2.48 bits per heavy atom. The van der Waals surface area contributed by atoms with Gasteiger partial charge in [-0.1, -0.05) is 51.1 Å². The van der Waals surface area contributed by atoms with Crippen molar-refractivity contribution in [2.45, 2.75) is 65.3 Å². The standard InChI is InChI=1S/C45H48N8O9S/c1-26-40(63-25-48-26)29-9-6-27(7-10-29)21-47-42(58)35-20-30(54)23-53(35)44(59)41(45(2,3)4)50-38(56)24-60-16-17-61-31-11-12-32(46-22-31)36(55)19-28-8-14-37-34(18-28)49-43(62-37)33-13-15-39(57)52(5)51-33/h6-15,18,22,25,30,35,41,54H,16-17,19-21,23-24H2,1-5H3,(H,47,58)(H,50,56)/t30-,35+,41-/m1/s1. The van der Waals surface area contributed by atoms with Crippen LogP contribution in [0.1, 0.15) is 54.5 Å². The van der Waals surface area contributed by atoms with Gasteiger partial charge in [-0.2, -0.15) is 5.10 Å². The predicted molar refractivity (Wildman–Crippen MR) is 233 cm³/mol. The van der Waals surface area contributed by atoms with Crippen molar-refractivity contribution in [1.82, 2.24) is 40.3 Å². The number of ketones is 1. The first-order valence-electron chi connectivity index (χ1n) is 20.3. The molecule has 1 fully saturated rings. The highest BCUT2D eigenvalue weighted by Crippen LogP contribution is 2.29. The molecule has 6 aromatic rings. The molecule has 0 saturated carbocycles. The number of benzene rings is 2. The Morgan fingerprint density at radius 1 is 1.00 bits per heavy atom. The number of amides is 3. The van der Waals surface area contributed by atoms with Crippen molar-refractivity contribution in [2.24, 2.45) is 12.5 Å². The van der Waals surface area contributed by atoms with Crippen LogP contribution >= 0.6 is 11.3 Å². The number of aliphatic hydroxyl groups excluding tert-OH is 1. The number of pyridine rings is 1. The number of fused-ring (bicyclic) bond motifs is 1. The quantitative estimate of drug-likeness (QED) is 0.0925. The molecule has 0 spiro atoms. The molecule has 18 heteroatoms. The first kappa shape index (κ1) is 44.4. The van der Waals surface area contributed by atoms with Crippen molar-refractivity contribution in [3.05, 3.63) is 111 Å². The number of nitrogens with zero attached hydrogens (tertiary/aromatic N) is 6. The fourth-order valence-corrected chi connectivity index (χ4v) is 7.89. The monoisotopic (exact) mass is 876 g/mol. The number of hydrogen-bond acceptors (Lipinski definition) is 14. The van der Waals surface area contributed by atoms with Crippen molar-refractivity contribution in [1.29, 1.82) is 0 Å². The average molecular weight is 877 g/mol. The number of β-amino-alcohol motifs (C(OH)–C–C–N with tert-alkyl or cyclic N) is 1. The normalized spacial score (nSPS) is 15.6. The Labute approximate surface area is 366 Å². The Bertz CT molecular complexity index is 2670. The molecule has 3 amide bonds. The number of Topliss-reactive ketones (excluding diaryl/α,β-unsaturated/α-hetero) is 1. The van der Waals surface area contributed by atoms with Gasteiger partial charge in [0, 0.05) is 39.0 Å². The van der Waals surface area contributed by atoms with Crippen LogP contribution < -0.4 is 20.9 Å². The number of likely N-dealkylation sites (tertiary alicyclic amines) is 1. The summed E-state index contributed by atoms with van der Waals surface area (Å²) in [5, 5.41) is 20.4. The second-order valence-corrected chi connectivity index (χ2v) is 17.2. The molecule has 17 nitrogen and oxygen atoms in total. The van der Waals surface area contributed by atoms with Gasteiger partial charge in [0.15, 0.2) is 11.4 Å². The predicted octanol–water partition coefficient (Wildman–Crippen LogP) is 4.05. The largest absolute Gasteiger partial charge is 0.490 e. The van der Waals surface area contributed by atoms with Gasteiger partial charge in [0.25, 0.3) is 5.56 Å². The van der Waals surface area contributed by atoms with Crippen LogP contribution in [0.2, 0.25) is 0 Å². The van der Waals surface area contributed by atoms with Gasteiger partial charge in [-0.05, 0) is 59.4 Å². The fourth-order valence-electron chi connectivity index (χ4n) is 7.08. The Kier molecular flexibility index (Phi) is 13.5. The van der Waals surface area contributed by atoms with Gasteiger partial charge in [-0.3, -0.25) is 24.0 Å². The van der Waals surface area contributed by atoms with E-state index in [1.807, 2.05) is 31.2 Å². The second-order valence-electron chi connectivity index (χ2n) is 16.3. The lowest BCUT2D eigenvalue weighted by Gasteiger charge is -2.35. The first-order chi connectivity index (χ1) is 30.1. The number of nitrogens with one attached hydrogen (secondary N) is 2. The topological polar surface area (TPSA) is 221 Å². The maximum Gasteiger partial charge on any atom is 0.266 e. The smallest absolute Gasteiger partial charge is 0.266 e. The van der Waals surface area contributed by atoms with Crippen LogP contribution in [0.5, 0.6) is 5.75 Å². The summed E-state index contributed by atoms with van der Waals surface area (Å²) in [6.07, 6.45) is 0.681. The Hall–Kier alpha value is -6.63. The van der Waals surface area contributed by atoms with Crippen LogP contribution in [0.25, 0.3) is 33.1 Å². The third-order valence-corrected chi connectivity index (χ3v) is 11.4. The van der Waals surface area contributed by atoms with E-state index >= 15 is 0 Å². The highest BCUT2D eigenvalue weighted by Gasteiger charge is 2.44. The van der Waals surface area contributed by atoms with E-state index in [0.29, 0.717) is 28.1 Å². The summed E-state index contributed by atoms with van der Waals surface area (Å²) < 4.78 is 18.2. The van der Waals surface area contributed by atoms with Gasteiger partial charge in [0.05, 0.1) is 35.0 Å². The molecule has 3 N–H and O–H groups in total. The molecule has 0 unspecified atom stereocenters. The second kappa shape index (κ2) is 19.2. The zero-order valence-corrected chi connectivity index (χ0v) is 36.3. The van der Waals surface area contributed by atoms with Crippen molar-refractivity contribution in [3.8, 4) is 27.8 Å². The molecule has 328 valence electrons. The highest BCUT2D eigenvalue weighted by molar-refractivity contribution is 7.13. The van der Waals surface area contributed by atoms with Crippen molar-refractivity contribution in [2.75, 3.05) is 26.4 Å².